The Hall–Kier alpha value is -2.48. The summed E-state index contributed by atoms with van der Waals surface area (Å²) in [5.41, 5.74) is 0. The normalized spacial score (nSPS) is 17.0. The number of allylic oxidation sites excluding steroid dienone is 1. The van der Waals surface area contributed by atoms with Crippen LogP contribution >= 0.6 is 11.3 Å². The maximum absolute atomic E-state index is 12.5. The SMILES string of the molecule is CC/C=C/CC(=O)N1CCCC1c1ccc(C(=O)Nc2ncn(CC)n2)s1. The molecule has 3 heterocycles. The van der Waals surface area contributed by atoms with Gasteiger partial charge in [0.05, 0.1) is 10.9 Å². The number of aryl methyl sites for hydroxylation is 1. The molecule has 1 unspecified atom stereocenters. The summed E-state index contributed by atoms with van der Waals surface area (Å²) in [5.74, 6) is 0.231. The van der Waals surface area contributed by atoms with Gasteiger partial charge in [-0.25, -0.2) is 4.98 Å². The molecule has 2 aromatic rings. The van der Waals surface area contributed by atoms with Gasteiger partial charge >= 0.3 is 0 Å². The monoisotopic (exact) mass is 387 g/mol. The summed E-state index contributed by atoms with van der Waals surface area (Å²) >= 11 is 1.43. The molecule has 3 rings (SSSR count). The molecule has 27 heavy (non-hydrogen) atoms. The number of hydrogen-bond acceptors (Lipinski definition) is 5. The second-order valence-corrected chi connectivity index (χ2v) is 7.52. The fraction of sp³-hybridized carbons (Fsp3) is 0.474. The van der Waals surface area contributed by atoms with E-state index in [1.807, 2.05) is 36.1 Å². The van der Waals surface area contributed by atoms with E-state index in [2.05, 4.69) is 22.3 Å². The van der Waals surface area contributed by atoms with Crippen LogP contribution in [-0.2, 0) is 11.3 Å². The molecule has 0 bridgehead atoms. The first-order valence-electron chi connectivity index (χ1n) is 9.37. The Morgan fingerprint density at radius 3 is 2.93 bits per heavy atom. The second-order valence-electron chi connectivity index (χ2n) is 6.41. The van der Waals surface area contributed by atoms with Gasteiger partial charge in [-0.05, 0) is 38.3 Å². The van der Waals surface area contributed by atoms with Crippen LogP contribution in [0.2, 0.25) is 0 Å². The molecule has 144 valence electrons. The molecular formula is C19H25N5O2S. The van der Waals surface area contributed by atoms with Crippen molar-refractivity contribution in [2.45, 2.75) is 52.1 Å². The van der Waals surface area contributed by atoms with Crippen LogP contribution in [0.1, 0.15) is 60.1 Å². The predicted molar refractivity (Wildman–Crippen MR) is 106 cm³/mol. The fourth-order valence-corrected chi connectivity index (χ4v) is 4.20. The summed E-state index contributed by atoms with van der Waals surface area (Å²) in [7, 11) is 0. The maximum atomic E-state index is 12.5. The zero-order valence-electron chi connectivity index (χ0n) is 15.7. The number of amides is 2. The number of rotatable bonds is 7. The number of likely N-dealkylation sites (tertiary alicyclic amines) is 1. The Bertz CT molecular complexity index is 826. The average molecular weight is 388 g/mol. The van der Waals surface area contributed by atoms with Crippen molar-refractivity contribution in [3.8, 4) is 0 Å². The predicted octanol–water partition coefficient (Wildman–Crippen LogP) is 3.63. The number of hydrogen-bond donors (Lipinski definition) is 1. The van der Waals surface area contributed by atoms with E-state index in [9.17, 15) is 9.59 Å². The number of nitrogens with zero attached hydrogens (tertiary/aromatic N) is 4. The summed E-state index contributed by atoms with van der Waals surface area (Å²) in [6, 6.07) is 3.83. The molecule has 0 spiro atoms. The van der Waals surface area contributed by atoms with Crippen molar-refractivity contribution in [2.75, 3.05) is 11.9 Å². The Balaban J connectivity index is 1.65. The van der Waals surface area contributed by atoms with Gasteiger partial charge in [-0.2, -0.15) is 0 Å². The van der Waals surface area contributed by atoms with Crippen molar-refractivity contribution in [1.29, 1.82) is 0 Å². The van der Waals surface area contributed by atoms with Gasteiger partial charge in [0.25, 0.3) is 5.91 Å². The molecule has 8 heteroatoms. The van der Waals surface area contributed by atoms with E-state index in [-0.39, 0.29) is 17.9 Å². The quantitative estimate of drug-likeness (QED) is 0.736. The van der Waals surface area contributed by atoms with Gasteiger partial charge < -0.3 is 4.90 Å². The Kier molecular flexibility index (Phi) is 6.39. The van der Waals surface area contributed by atoms with Crippen molar-refractivity contribution in [1.82, 2.24) is 19.7 Å². The fourth-order valence-electron chi connectivity index (χ4n) is 3.15. The van der Waals surface area contributed by atoms with Crippen LogP contribution in [0.5, 0.6) is 0 Å². The van der Waals surface area contributed by atoms with E-state index in [0.29, 0.717) is 23.8 Å². The van der Waals surface area contributed by atoms with Crippen molar-refractivity contribution < 1.29 is 9.59 Å². The summed E-state index contributed by atoms with van der Waals surface area (Å²) < 4.78 is 1.66. The second kappa shape index (κ2) is 8.94. The lowest BCUT2D eigenvalue weighted by molar-refractivity contribution is -0.131. The van der Waals surface area contributed by atoms with E-state index < -0.39 is 0 Å². The van der Waals surface area contributed by atoms with Gasteiger partial charge in [-0.3, -0.25) is 19.6 Å². The Morgan fingerprint density at radius 2 is 2.19 bits per heavy atom. The molecule has 0 aliphatic carbocycles. The summed E-state index contributed by atoms with van der Waals surface area (Å²) in [4.78, 5) is 32.6. The number of thiophene rings is 1. The van der Waals surface area contributed by atoms with Gasteiger partial charge in [0.1, 0.15) is 6.33 Å². The Labute approximate surface area is 163 Å². The third-order valence-electron chi connectivity index (χ3n) is 4.53. The molecule has 0 radical (unpaired) electrons. The van der Waals surface area contributed by atoms with E-state index in [4.69, 9.17) is 0 Å². The van der Waals surface area contributed by atoms with Gasteiger partial charge in [-0.1, -0.05) is 19.1 Å². The number of nitrogens with one attached hydrogen (secondary N) is 1. The van der Waals surface area contributed by atoms with Gasteiger partial charge in [-0.15, -0.1) is 16.4 Å². The van der Waals surface area contributed by atoms with Crippen LogP contribution in [0.25, 0.3) is 0 Å². The summed E-state index contributed by atoms with van der Waals surface area (Å²) in [6.07, 6.45) is 8.85. The highest BCUT2D eigenvalue weighted by Crippen LogP contribution is 2.36. The molecule has 1 atom stereocenters. The van der Waals surface area contributed by atoms with Crippen LogP contribution in [0.3, 0.4) is 0 Å². The molecule has 1 saturated heterocycles. The number of aromatic nitrogens is 3. The van der Waals surface area contributed by atoms with Crippen molar-refractivity contribution in [3.63, 3.8) is 0 Å². The highest BCUT2D eigenvalue weighted by atomic mass is 32.1. The van der Waals surface area contributed by atoms with Crippen LogP contribution in [-0.4, -0.2) is 38.0 Å². The minimum atomic E-state index is -0.221. The third kappa shape index (κ3) is 4.63. The third-order valence-corrected chi connectivity index (χ3v) is 5.72. The molecule has 0 aromatic carbocycles. The highest BCUT2D eigenvalue weighted by molar-refractivity contribution is 7.14. The zero-order chi connectivity index (χ0) is 19.2. The lowest BCUT2D eigenvalue weighted by Gasteiger charge is -2.23. The van der Waals surface area contributed by atoms with Gasteiger partial charge in [0, 0.05) is 24.4 Å². The summed E-state index contributed by atoms with van der Waals surface area (Å²) in [6.45, 7) is 5.49. The van der Waals surface area contributed by atoms with Crippen LogP contribution in [0, 0.1) is 0 Å². The maximum Gasteiger partial charge on any atom is 0.268 e. The minimum absolute atomic E-state index is 0.0662. The molecule has 1 aliphatic heterocycles. The number of anilines is 1. The largest absolute Gasteiger partial charge is 0.335 e. The molecule has 1 N–H and O–H groups in total. The highest BCUT2D eigenvalue weighted by Gasteiger charge is 2.30. The van der Waals surface area contributed by atoms with E-state index in [1.54, 1.807) is 11.0 Å². The standard InChI is InChI=1S/C19H25N5O2S/c1-3-5-6-9-17(25)24-12-7-8-14(24)15-10-11-16(27-15)18(26)21-19-20-13-23(4-2)22-19/h5-6,10-11,13-14H,3-4,7-9,12H2,1-2H3,(H,21,22,26)/b6-5+. The molecule has 2 aromatic heterocycles. The van der Waals surface area contributed by atoms with Crippen LogP contribution in [0.15, 0.2) is 30.6 Å². The first-order chi connectivity index (χ1) is 13.1. The molecule has 1 fully saturated rings. The molecule has 2 amide bonds. The van der Waals surface area contributed by atoms with Crippen LogP contribution < -0.4 is 5.32 Å². The van der Waals surface area contributed by atoms with Gasteiger partial charge in [0.2, 0.25) is 11.9 Å². The number of carbonyl (C=O) groups excluding carboxylic acids is 2. The van der Waals surface area contributed by atoms with Crippen molar-refractivity contribution >= 4 is 29.1 Å². The number of carbonyl (C=O) groups is 2. The van der Waals surface area contributed by atoms with Crippen LogP contribution in [0.4, 0.5) is 5.95 Å². The topological polar surface area (TPSA) is 80.1 Å². The molecule has 1 aliphatic rings. The van der Waals surface area contributed by atoms with E-state index in [0.717, 1.165) is 30.7 Å². The van der Waals surface area contributed by atoms with E-state index >= 15 is 0 Å². The lowest BCUT2D eigenvalue weighted by Crippen LogP contribution is -2.29. The molecular weight excluding hydrogens is 362 g/mol. The average Bonchev–Trinajstić information content (AvgIpc) is 3.40. The van der Waals surface area contributed by atoms with E-state index in [1.165, 1.54) is 11.3 Å². The smallest absolute Gasteiger partial charge is 0.268 e. The first kappa shape index (κ1) is 19.3. The van der Waals surface area contributed by atoms with Crippen molar-refractivity contribution in [3.05, 3.63) is 40.4 Å². The van der Waals surface area contributed by atoms with Gasteiger partial charge in [0.15, 0.2) is 0 Å². The molecule has 7 nitrogen and oxygen atoms in total. The first-order valence-corrected chi connectivity index (χ1v) is 10.2. The Morgan fingerprint density at radius 1 is 1.33 bits per heavy atom. The zero-order valence-corrected chi connectivity index (χ0v) is 16.5. The molecule has 0 saturated carbocycles. The van der Waals surface area contributed by atoms with Crippen molar-refractivity contribution in [2.24, 2.45) is 0 Å². The summed E-state index contributed by atoms with van der Waals surface area (Å²) in [5, 5.41) is 6.89. The minimum Gasteiger partial charge on any atom is -0.335 e. The lowest BCUT2D eigenvalue weighted by atomic mass is 10.2.